The number of anilines is 1. The molecule has 0 radical (unpaired) electrons. The van der Waals surface area contributed by atoms with E-state index in [4.69, 9.17) is 0 Å². The smallest absolute Gasteiger partial charge is 0.371 e. The molecule has 1 heterocycles. The Balaban J connectivity index is 2.09. The number of benzene rings is 1. The van der Waals surface area contributed by atoms with Gasteiger partial charge in [-0.15, -0.1) is 0 Å². The van der Waals surface area contributed by atoms with E-state index in [2.05, 4.69) is 11.8 Å². The first-order valence-corrected chi connectivity index (χ1v) is 6.43. The second-order valence-corrected chi connectivity index (χ2v) is 4.91. The Morgan fingerprint density at radius 2 is 1.89 bits per heavy atom. The molecule has 1 unspecified atom stereocenters. The molecule has 0 N–H and O–H groups in total. The summed E-state index contributed by atoms with van der Waals surface area (Å²) in [5, 5.41) is 0. The van der Waals surface area contributed by atoms with Gasteiger partial charge in [0.2, 0.25) is 0 Å². The fourth-order valence-corrected chi connectivity index (χ4v) is 2.49. The molecule has 0 aromatic heterocycles. The lowest BCUT2D eigenvalue weighted by atomic mass is 9.95. The maximum absolute atomic E-state index is 12.5. The minimum atomic E-state index is -4.24. The molecule has 1 aliphatic rings. The van der Waals surface area contributed by atoms with Crippen molar-refractivity contribution in [2.24, 2.45) is 5.92 Å². The maximum atomic E-state index is 12.5. The lowest BCUT2D eigenvalue weighted by molar-refractivity contribution is -0.137. The van der Waals surface area contributed by atoms with Crippen LogP contribution in [0.1, 0.15) is 31.7 Å². The van der Waals surface area contributed by atoms with Crippen molar-refractivity contribution in [3.05, 3.63) is 29.8 Å². The summed E-state index contributed by atoms with van der Waals surface area (Å²) in [6.45, 7) is 4.07. The van der Waals surface area contributed by atoms with Crippen LogP contribution in [0.25, 0.3) is 0 Å². The zero-order chi connectivity index (χ0) is 13.2. The molecule has 100 valence electrons. The lowest BCUT2D eigenvalue weighted by Crippen LogP contribution is -2.35. The van der Waals surface area contributed by atoms with E-state index in [1.807, 2.05) is 0 Å². The van der Waals surface area contributed by atoms with E-state index in [1.165, 1.54) is 18.6 Å². The molecule has 0 aliphatic carbocycles. The van der Waals surface area contributed by atoms with Gasteiger partial charge in [0.05, 0.1) is 5.56 Å². The van der Waals surface area contributed by atoms with Gasteiger partial charge in [-0.2, -0.15) is 13.2 Å². The van der Waals surface area contributed by atoms with E-state index in [-0.39, 0.29) is 0 Å². The lowest BCUT2D eigenvalue weighted by Gasteiger charge is -2.34. The van der Waals surface area contributed by atoms with Crippen molar-refractivity contribution in [2.75, 3.05) is 18.0 Å². The molecule has 0 spiro atoms. The second kappa shape index (κ2) is 5.21. The van der Waals surface area contributed by atoms with Crippen molar-refractivity contribution < 1.29 is 13.2 Å². The van der Waals surface area contributed by atoms with Crippen molar-refractivity contribution in [2.45, 2.75) is 32.4 Å². The van der Waals surface area contributed by atoms with Crippen LogP contribution in [0.15, 0.2) is 24.3 Å². The third-order valence-corrected chi connectivity index (χ3v) is 3.66. The molecule has 1 fully saturated rings. The van der Waals surface area contributed by atoms with Crippen molar-refractivity contribution in [3.8, 4) is 0 Å². The molecule has 1 aliphatic heterocycles. The van der Waals surface area contributed by atoms with Gasteiger partial charge < -0.3 is 4.90 Å². The Bertz CT molecular complexity index is 383. The molecular weight excluding hydrogens is 239 g/mol. The van der Waals surface area contributed by atoms with Crippen molar-refractivity contribution in [1.29, 1.82) is 0 Å². The van der Waals surface area contributed by atoms with Crippen molar-refractivity contribution in [1.82, 2.24) is 0 Å². The number of halogens is 3. The Morgan fingerprint density at radius 1 is 1.22 bits per heavy atom. The first kappa shape index (κ1) is 13.2. The molecule has 1 nitrogen and oxygen atoms in total. The fourth-order valence-electron chi connectivity index (χ4n) is 2.49. The monoisotopic (exact) mass is 257 g/mol. The van der Waals surface area contributed by atoms with Crippen LogP contribution in [-0.2, 0) is 6.18 Å². The van der Waals surface area contributed by atoms with Gasteiger partial charge in [-0.25, -0.2) is 0 Å². The highest BCUT2D eigenvalue weighted by atomic mass is 19.4. The molecular formula is C14H18F3N. The summed E-state index contributed by atoms with van der Waals surface area (Å²) in [4.78, 5) is 2.19. The van der Waals surface area contributed by atoms with Gasteiger partial charge in [-0.3, -0.25) is 0 Å². The summed E-state index contributed by atoms with van der Waals surface area (Å²) in [5.41, 5.74) is 0.330. The summed E-state index contributed by atoms with van der Waals surface area (Å²) in [6.07, 6.45) is -0.753. The van der Waals surface area contributed by atoms with Crippen molar-refractivity contribution >= 4 is 5.69 Å². The van der Waals surface area contributed by atoms with Crippen LogP contribution in [0.4, 0.5) is 18.9 Å². The van der Waals surface area contributed by atoms with E-state index < -0.39 is 11.7 Å². The predicted octanol–water partition coefficient (Wildman–Crippen LogP) is 4.33. The van der Waals surface area contributed by atoms with E-state index in [0.717, 1.165) is 31.6 Å². The zero-order valence-electron chi connectivity index (χ0n) is 10.5. The van der Waals surface area contributed by atoms with Gasteiger partial charge in [0.25, 0.3) is 0 Å². The molecule has 18 heavy (non-hydrogen) atoms. The summed E-state index contributed by atoms with van der Waals surface area (Å²) >= 11 is 0. The molecule has 0 amide bonds. The number of nitrogens with zero attached hydrogens (tertiary/aromatic N) is 1. The van der Waals surface area contributed by atoms with E-state index >= 15 is 0 Å². The van der Waals surface area contributed by atoms with Crippen LogP contribution < -0.4 is 4.90 Å². The van der Waals surface area contributed by atoms with Gasteiger partial charge >= 0.3 is 6.18 Å². The Kier molecular flexibility index (Phi) is 3.83. The van der Waals surface area contributed by atoms with Crippen LogP contribution in [-0.4, -0.2) is 13.1 Å². The molecule has 1 atom stereocenters. The van der Waals surface area contributed by atoms with Gasteiger partial charge in [-0.1, -0.05) is 13.3 Å². The SMILES string of the molecule is CCC1CCCN(c2ccc(C(F)(F)F)cc2)C1. The quantitative estimate of drug-likeness (QED) is 0.762. The van der Waals surface area contributed by atoms with Crippen LogP contribution in [0, 0.1) is 5.92 Å². The normalized spacial score (nSPS) is 21.1. The summed E-state index contributed by atoms with van der Waals surface area (Å²) in [6, 6.07) is 5.51. The fraction of sp³-hybridized carbons (Fsp3) is 0.571. The first-order chi connectivity index (χ1) is 8.50. The standard InChI is InChI=1S/C14H18F3N/c1-2-11-4-3-9-18(10-11)13-7-5-12(6-8-13)14(15,16)17/h5-8,11H,2-4,9-10H2,1H3. The highest BCUT2D eigenvalue weighted by Crippen LogP contribution is 2.31. The molecule has 1 aromatic carbocycles. The molecule has 0 bridgehead atoms. The third-order valence-electron chi connectivity index (χ3n) is 3.66. The van der Waals surface area contributed by atoms with E-state index in [9.17, 15) is 13.2 Å². The largest absolute Gasteiger partial charge is 0.416 e. The average molecular weight is 257 g/mol. The molecule has 0 saturated carbocycles. The zero-order valence-corrected chi connectivity index (χ0v) is 10.5. The summed E-state index contributed by atoms with van der Waals surface area (Å²) < 4.78 is 37.4. The third kappa shape index (κ3) is 2.98. The topological polar surface area (TPSA) is 3.24 Å². The van der Waals surface area contributed by atoms with E-state index in [0.29, 0.717) is 5.92 Å². The van der Waals surface area contributed by atoms with Gasteiger partial charge in [0.1, 0.15) is 0 Å². The number of hydrogen-bond acceptors (Lipinski definition) is 1. The summed E-state index contributed by atoms with van der Waals surface area (Å²) in [5.74, 6) is 0.668. The molecule has 1 saturated heterocycles. The Morgan fingerprint density at radius 3 is 2.44 bits per heavy atom. The Labute approximate surface area is 106 Å². The van der Waals surface area contributed by atoms with Gasteiger partial charge in [0.15, 0.2) is 0 Å². The van der Waals surface area contributed by atoms with Crippen LogP contribution >= 0.6 is 0 Å². The predicted molar refractivity (Wildman–Crippen MR) is 66.7 cm³/mol. The van der Waals surface area contributed by atoms with Gasteiger partial charge in [-0.05, 0) is 43.0 Å². The average Bonchev–Trinajstić information content (AvgIpc) is 2.38. The second-order valence-electron chi connectivity index (χ2n) is 4.91. The highest BCUT2D eigenvalue weighted by molar-refractivity contribution is 5.48. The van der Waals surface area contributed by atoms with E-state index in [1.54, 1.807) is 12.1 Å². The van der Waals surface area contributed by atoms with Gasteiger partial charge in [0, 0.05) is 18.8 Å². The van der Waals surface area contributed by atoms with Crippen LogP contribution in [0.3, 0.4) is 0 Å². The number of rotatable bonds is 2. The maximum Gasteiger partial charge on any atom is 0.416 e. The molecule has 2 rings (SSSR count). The number of hydrogen-bond donors (Lipinski definition) is 0. The minimum absolute atomic E-state index is 0.574. The van der Waals surface area contributed by atoms with Crippen LogP contribution in [0.2, 0.25) is 0 Å². The highest BCUT2D eigenvalue weighted by Gasteiger charge is 2.30. The molecule has 1 aromatic rings. The number of piperidine rings is 1. The molecule has 4 heteroatoms. The van der Waals surface area contributed by atoms with Crippen LogP contribution in [0.5, 0.6) is 0 Å². The first-order valence-electron chi connectivity index (χ1n) is 6.43. The Hall–Kier alpha value is -1.19. The van der Waals surface area contributed by atoms with Crippen molar-refractivity contribution in [3.63, 3.8) is 0 Å². The summed E-state index contributed by atoms with van der Waals surface area (Å²) in [7, 11) is 0. The number of alkyl halides is 3. The minimum Gasteiger partial charge on any atom is -0.371 e.